The van der Waals surface area contributed by atoms with Gasteiger partial charge < -0.3 is 4.90 Å². The molecular formula is C12H14Cl2FNO3S. The van der Waals surface area contributed by atoms with Crippen LogP contribution in [-0.4, -0.2) is 32.3 Å². The molecule has 0 saturated carbocycles. The fraction of sp³-hybridized carbons (Fsp3) is 0.417. The number of halogens is 3. The van der Waals surface area contributed by atoms with Gasteiger partial charge in [-0.2, -0.15) is 0 Å². The first kappa shape index (κ1) is 17.2. The molecule has 8 heteroatoms. The Morgan fingerprint density at radius 3 is 2.45 bits per heavy atom. The second kappa shape index (κ2) is 6.28. The number of benzene rings is 1. The summed E-state index contributed by atoms with van der Waals surface area (Å²) in [5, 5.41) is -0.361. The van der Waals surface area contributed by atoms with Crippen molar-refractivity contribution in [2.24, 2.45) is 0 Å². The van der Waals surface area contributed by atoms with Crippen LogP contribution in [0.25, 0.3) is 0 Å². The Hall–Kier alpha value is -0.850. The molecule has 4 nitrogen and oxygen atoms in total. The Morgan fingerprint density at radius 2 is 2.00 bits per heavy atom. The summed E-state index contributed by atoms with van der Waals surface area (Å²) in [5.74, 6) is -1.52. The lowest BCUT2D eigenvalue weighted by Gasteiger charge is -2.24. The molecule has 1 aromatic rings. The standard InChI is InChI=1S/C12H14Cl2FNO3S/c1-4-7(2)16(3)12(17)8-5-11(20(14,18)19)9(13)6-10(8)15/h5-7H,4H2,1-3H3. The lowest BCUT2D eigenvalue weighted by molar-refractivity contribution is 0.0735. The third kappa shape index (κ3) is 3.62. The highest BCUT2D eigenvalue weighted by molar-refractivity contribution is 8.13. The van der Waals surface area contributed by atoms with Crippen molar-refractivity contribution in [3.8, 4) is 0 Å². The quantitative estimate of drug-likeness (QED) is 0.789. The van der Waals surface area contributed by atoms with Crippen molar-refractivity contribution >= 4 is 37.2 Å². The maximum absolute atomic E-state index is 13.8. The van der Waals surface area contributed by atoms with Crippen LogP contribution < -0.4 is 0 Å². The van der Waals surface area contributed by atoms with Crippen LogP contribution in [0.15, 0.2) is 17.0 Å². The highest BCUT2D eigenvalue weighted by atomic mass is 35.7. The van der Waals surface area contributed by atoms with Crippen LogP contribution in [0, 0.1) is 5.82 Å². The summed E-state index contributed by atoms with van der Waals surface area (Å²) in [6.07, 6.45) is 0.679. The molecule has 0 aliphatic heterocycles. The van der Waals surface area contributed by atoms with Crippen LogP contribution in [0.2, 0.25) is 5.02 Å². The Kier molecular flexibility index (Phi) is 5.40. The van der Waals surface area contributed by atoms with Crippen molar-refractivity contribution in [1.29, 1.82) is 0 Å². The molecule has 0 saturated heterocycles. The first-order valence-corrected chi connectivity index (χ1v) is 8.49. The van der Waals surface area contributed by atoms with Crippen LogP contribution in [0.3, 0.4) is 0 Å². The lowest BCUT2D eigenvalue weighted by atomic mass is 10.1. The van der Waals surface area contributed by atoms with E-state index in [9.17, 15) is 17.6 Å². The second-order valence-electron chi connectivity index (χ2n) is 4.37. The predicted molar refractivity (Wildman–Crippen MR) is 76.3 cm³/mol. The minimum Gasteiger partial charge on any atom is -0.339 e. The third-order valence-corrected chi connectivity index (χ3v) is 4.87. The monoisotopic (exact) mass is 341 g/mol. The Morgan fingerprint density at radius 1 is 1.45 bits per heavy atom. The van der Waals surface area contributed by atoms with E-state index in [4.69, 9.17) is 22.3 Å². The minimum absolute atomic E-state index is 0.117. The average molecular weight is 342 g/mol. The molecule has 1 amide bonds. The van der Waals surface area contributed by atoms with Crippen molar-refractivity contribution in [1.82, 2.24) is 4.90 Å². The van der Waals surface area contributed by atoms with Gasteiger partial charge in [-0.05, 0) is 25.5 Å². The molecule has 0 bridgehead atoms. The van der Waals surface area contributed by atoms with Gasteiger partial charge >= 0.3 is 0 Å². The van der Waals surface area contributed by atoms with Gasteiger partial charge in [0.25, 0.3) is 15.0 Å². The molecule has 0 fully saturated rings. The third-order valence-electron chi connectivity index (χ3n) is 3.09. The van der Waals surface area contributed by atoms with Gasteiger partial charge in [-0.15, -0.1) is 0 Å². The summed E-state index contributed by atoms with van der Waals surface area (Å²) in [6.45, 7) is 3.67. The van der Waals surface area contributed by atoms with E-state index in [1.807, 2.05) is 6.92 Å². The molecule has 1 rings (SSSR count). The van der Waals surface area contributed by atoms with Gasteiger partial charge in [-0.1, -0.05) is 18.5 Å². The van der Waals surface area contributed by atoms with E-state index in [2.05, 4.69) is 0 Å². The predicted octanol–water partition coefficient (Wildman–Crippen LogP) is 3.28. The summed E-state index contributed by atoms with van der Waals surface area (Å²) in [6, 6.07) is 1.52. The average Bonchev–Trinajstić information content (AvgIpc) is 2.34. The molecule has 0 aliphatic rings. The van der Waals surface area contributed by atoms with E-state index in [1.54, 1.807) is 6.92 Å². The fourth-order valence-corrected chi connectivity index (χ4v) is 3.05. The first-order valence-electron chi connectivity index (χ1n) is 5.80. The lowest BCUT2D eigenvalue weighted by Crippen LogP contribution is -2.35. The first-order chi connectivity index (χ1) is 9.09. The number of rotatable bonds is 4. The molecule has 1 unspecified atom stereocenters. The van der Waals surface area contributed by atoms with Crippen LogP contribution in [0.1, 0.15) is 30.6 Å². The second-order valence-corrected chi connectivity index (χ2v) is 7.32. The summed E-state index contributed by atoms with van der Waals surface area (Å²) >= 11 is 5.63. The minimum atomic E-state index is -4.15. The molecule has 112 valence electrons. The number of amides is 1. The van der Waals surface area contributed by atoms with Crippen molar-refractivity contribution in [2.45, 2.75) is 31.2 Å². The number of carbonyl (C=O) groups excluding carboxylic acids is 1. The summed E-state index contributed by atoms with van der Waals surface area (Å²) in [5.41, 5.74) is -0.378. The van der Waals surface area contributed by atoms with Crippen LogP contribution in [0.5, 0.6) is 0 Å². The number of nitrogens with zero attached hydrogens (tertiary/aromatic N) is 1. The number of carbonyl (C=O) groups is 1. The molecule has 1 atom stereocenters. The Labute approximate surface area is 126 Å². The molecule has 20 heavy (non-hydrogen) atoms. The zero-order valence-corrected chi connectivity index (χ0v) is 13.5. The normalized spacial score (nSPS) is 13.1. The topological polar surface area (TPSA) is 54.5 Å². The Balaban J connectivity index is 3.36. The van der Waals surface area contributed by atoms with Crippen LogP contribution in [0.4, 0.5) is 4.39 Å². The summed E-state index contributed by atoms with van der Waals surface area (Å²) in [4.78, 5) is 13.0. The van der Waals surface area contributed by atoms with Crippen molar-refractivity contribution in [2.75, 3.05) is 7.05 Å². The van der Waals surface area contributed by atoms with Crippen molar-refractivity contribution in [3.63, 3.8) is 0 Å². The fourth-order valence-electron chi connectivity index (χ4n) is 1.54. The van der Waals surface area contributed by atoms with Gasteiger partial charge in [0.05, 0.1) is 10.6 Å². The van der Waals surface area contributed by atoms with E-state index in [-0.39, 0.29) is 16.6 Å². The van der Waals surface area contributed by atoms with E-state index < -0.39 is 25.7 Å². The number of hydrogen-bond acceptors (Lipinski definition) is 3. The maximum Gasteiger partial charge on any atom is 0.262 e. The van der Waals surface area contributed by atoms with Crippen LogP contribution >= 0.6 is 22.3 Å². The highest BCUT2D eigenvalue weighted by Gasteiger charge is 2.24. The zero-order chi connectivity index (χ0) is 15.7. The van der Waals surface area contributed by atoms with Gasteiger partial charge in [0.15, 0.2) is 0 Å². The smallest absolute Gasteiger partial charge is 0.262 e. The molecule has 0 radical (unpaired) electrons. The van der Waals surface area contributed by atoms with Gasteiger partial charge in [0.2, 0.25) is 0 Å². The van der Waals surface area contributed by atoms with Crippen LogP contribution in [-0.2, 0) is 9.05 Å². The van der Waals surface area contributed by atoms with Crippen molar-refractivity contribution in [3.05, 3.63) is 28.5 Å². The molecule has 0 aliphatic carbocycles. The van der Waals surface area contributed by atoms with E-state index in [1.165, 1.54) is 11.9 Å². The van der Waals surface area contributed by atoms with Gasteiger partial charge in [0, 0.05) is 23.8 Å². The maximum atomic E-state index is 13.8. The zero-order valence-electron chi connectivity index (χ0n) is 11.2. The van der Waals surface area contributed by atoms with E-state index in [0.717, 1.165) is 12.1 Å². The summed E-state index contributed by atoms with van der Waals surface area (Å²) in [7, 11) is 2.56. The largest absolute Gasteiger partial charge is 0.339 e. The molecular weight excluding hydrogens is 328 g/mol. The molecule has 0 heterocycles. The molecule has 0 aromatic heterocycles. The van der Waals surface area contributed by atoms with E-state index >= 15 is 0 Å². The highest BCUT2D eigenvalue weighted by Crippen LogP contribution is 2.28. The SMILES string of the molecule is CCC(C)N(C)C(=O)c1cc(S(=O)(=O)Cl)c(Cl)cc1F. The van der Waals surface area contributed by atoms with Gasteiger partial charge in [-0.25, -0.2) is 12.8 Å². The van der Waals surface area contributed by atoms with E-state index in [0.29, 0.717) is 6.42 Å². The molecule has 0 spiro atoms. The molecule has 0 N–H and O–H groups in total. The Bertz CT molecular complexity index is 634. The summed E-state index contributed by atoms with van der Waals surface area (Å²) < 4.78 is 36.5. The van der Waals surface area contributed by atoms with Gasteiger partial charge in [0.1, 0.15) is 10.7 Å². The molecule has 1 aromatic carbocycles. The van der Waals surface area contributed by atoms with Crippen molar-refractivity contribution < 1.29 is 17.6 Å². The number of hydrogen-bond donors (Lipinski definition) is 0. The van der Waals surface area contributed by atoms with Gasteiger partial charge in [-0.3, -0.25) is 4.79 Å².